The summed E-state index contributed by atoms with van der Waals surface area (Å²) in [6.45, 7) is 2.97. The second kappa shape index (κ2) is 7.89. The van der Waals surface area contributed by atoms with E-state index in [9.17, 15) is 0 Å². The molecule has 0 bridgehead atoms. The Bertz CT molecular complexity index is 967. The van der Waals surface area contributed by atoms with Crippen LogP contribution in [-0.2, 0) is 25.9 Å². The number of hydrogen-bond acceptors (Lipinski definition) is 7. The molecule has 2 aromatic heterocycles. The maximum Gasteiger partial charge on any atom is 0.231 e. The standard InChI is InChI=1S/C20H23N5O2S/c1-2-4-18-23-24-19(25(18)9-3-1)7-8-21-11-15-12-28-20(22-15)14-5-6-16-17(10-14)27-13-26-16/h5-6,10,12,21H,1-4,7-9,11,13H2. The van der Waals surface area contributed by atoms with Gasteiger partial charge in [0, 0.05) is 43.4 Å². The topological polar surface area (TPSA) is 74.1 Å². The quantitative estimate of drug-likeness (QED) is 0.644. The van der Waals surface area contributed by atoms with Gasteiger partial charge in [-0.05, 0) is 31.0 Å². The molecule has 7 nitrogen and oxygen atoms in total. The van der Waals surface area contributed by atoms with E-state index in [1.54, 1.807) is 11.3 Å². The molecule has 0 unspecified atom stereocenters. The van der Waals surface area contributed by atoms with Crippen LogP contribution in [0.3, 0.4) is 0 Å². The Balaban J connectivity index is 1.16. The average molecular weight is 398 g/mol. The van der Waals surface area contributed by atoms with Gasteiger partial charge in [0.1, 0.15) is 16.7 Å². The summed E-state index contributed by atoms with van der Waals surface area (Å²) < 4.78 is 13.1. The minimum absolute atomic E-state index is 0.293. The van der Waals surface area contributed by atoms with Crippen LogP contribution in [0.4, 0.5) is 0 Å². The van der Waals surface area contributed by atoms with E-state index in [-0.39, 0.29) is 0 Å². The summed E-state index contributed by atoms with van der Waals surface area (Å²) >= 11 is 1.65. The molecule has 0 saturated heterocycles. The van der Waals surface area contributed by atoms with Gasteiger partial charge in [0.25, 0.3) is 0 Å². The SMILES string of the molecule is c1cc2c(cc1-c1nc(CNCCc3nnc4n3CCCCC4)cs1)OCO2. The van der Waals surface area contributed by atoms with Crippen LogP contribution in [0.15, 0.2) is 23.6 Å². The molecule has 5 rings (SSSR count). The largest absolute Gasteiger partial charge is 0.454 e. The minimum Gasteiger partial charge on any atom is -0.454 e. The highest BCUT2D eigenvalue weighted by molar-refractivity contribution is 7.13. The van der Waals surface area contributed by atoms with E-state index in [4.69, 9.17) is 14.5 Å². The van der Waals surface area contributed by atoms with Crippen LogP contribution < -0.4 is 14.8 Å². The Morgan fingerprint density at radius 3 is 3.07 bits per heavy atom. The first-order chi connectivity index (χ1) is 13.9. The van der Waals surface area contributed by atoms with E-state index in [0.29, 0.717) is 6.79 Å². The molecule has 0 amide bonds. The van der Waals surface area contributed by atoms with Gasteiger partial charge < -0.3 is 19.4 Å². The van der Waals surface area contributed by atoms with Crippen LogP contribution in [-0.4, -0.2) is 33.1 Å². The predicted molar refractivity (Wildman–Crippen MR) is 107 cm³/mol. The first kappa shape index (κ1) is 17.6. The zero-order valence-electron chi connectivity index (χ0n) is 15.7. The Labute approximate surface area is 167 Å². The van der Waals surface area contributed by atoms with Crippen molar-refractivity contribution in [1.82, 2.24) is 25.1 Å². The Kier molecular flexibility index (Phi) is 4.97. The van der Waals surface area contributed by atoms with Gasteiger partial charge in [0.05, 0.1) is 5.69 Å². The molecule has 3 aromatic rings. The molecule has 0 atom stereocenters. The van der Waals surface area contributed by atoms with Gasteiger partial charge in [-0.1, -0.05) is 6.42 Å². The van der Waals surface area contributed by atoms with Crippen LogP contribution in [0.1, 0.15) is 36.6 Å². The fourth-order valence-corrected chi connectivity index (χ4v) is 4.51. The Morgan fingerprint density at radius 2 is 2.07 bits per heavy atom. The van der Waals surface area contributed by atoms with E-state index in [1.165, 1.54) is 19.3 Å². The number of nitrogens with one attached hydrogen (secondary N) is 1. The second-order valence-electron chi connectivity index (χ2n) is 7.13. The van der Waals surface area contributed by atoms with E-state index >= 15 is 0 Å². The van der Waals surface area contributed by atoms with Crippen LogP contribution in [0.25, 0.3) is 10.6 Å². The molecule has 28 heavy (non-hydrogen) atoms. The molecule has 1 aromatic carbocycles. The van der Waals surface area contributed by atoms with Crippen LogP contribution >= 0.6 is 11.3 Å². The lowest BCUT2D eigenvalue weighted by molar-refractivity contribution is 0.174. The average Bonchev–Trinajstić information content (AvgIpc) is 3.42. The smallest absolute Gasteiger partial charge is 0.231 e. The molecule has 0 fully saturated rings. The summed E-state index contributed by atoms with van der Waals surface area (Å²) in [6, 6.07) is 5.97. The molecule has 0 aliphatic carbocycles. The van der Waals surface area contributed by atoms with Crippen LogP contribution in [0.2, 0.25) is 0 Å². The third-order valence-corrected chi connectivity index (χ3v) is 6.13. The highest BCUT2D eigenvalue weighted by Crippen LogP contribution is 2.36. The number of nitrogens with zero attached hydrogens (tertiary/aromatic N) is 4. The van der Waals surface area contributed by atoms with Gasteiger partial charge in [-0.3, -0.25) is 0 Å². The molecular formula is C20H23N5O2S. The van der Waals surface area contributed by atoms with Crippen molar-refractivity contribution in [2.45, 2.75) is 45.2 Å². The number of thiazole rings is 1. The second-order valence-corrected chi connectivity index (χ2v) is 7.99. The zero-order valence-corrected chi connectivity index (χ0v) is 16.5. The van der Waals surface area contributed by atoms with Crippen molar-refractivity contribution < 1.29 is 9.47 Å². The molecule has 4 heterocycles. The highest BCUT2D eigenvalue weighted by atomic mass is 32.1. The molecule has 2 aliphatic rings. The first-order valence-corrected chi connectivity index (χ1v) is 10.7. The number of aryl methyl sites for hydroxylation is 1. The predicted octanol–water partition coefficient (Wildman–Crippen LogP) is 3.19. The number of fused-ring (bicyclic) bond motifs is 2. The fraction of sp³-hybridized carbons (Fsp3) is 0.450. The summed E-state index contributed by atoms with van der Waals surface area (Å²) in [7, 11) is 0. The monoisotopic (exact) mass is 397 g/mol. The molecular weight excluding hydrogens is 374 g/mol. The summed E-state index contributed by atoms with van der Waals surface area (Å²) in [6.07, 6.45) is 5.70. The van der Waals surface area contributed by atoms with Crippen LogP contribution in [0.5, 0.6) is 11.5 Å². The van der Waals surface area contributed by atoms with Crippen molar-refractivity contribution >= 4 is 11.3 Å². The molecule has 0 spiro atoms. The fourth-order valence-electron chi connectivity index (χ4n) is 3.70. The lowest BCUT2D eigenvalue weighted by atomic mass is 10.2. The molecule has 0 radical (unpaired) electrons. The maximum atomic E-state index is 5.46. The van der Waals surface area contributed by atoms with Crippen molar-refractivity contribution in [1.29, 1.82) is 0 Å². The van der Waals surface area contributed by atoms with E-state index in [2.05, 4.69) is 25.5 Å². The third kappa shape index (κ3) is 3.62. The molecule has 1 N–H and O–H groups in total. The molecule has 0 saturated carbocycles. The number of hydrogen-bond donors (Lipinski definition) is 1. The molecule has 8 heteroatoms. The van der Waals surface area contributed by atoms with Crippen molar-refractivity contribution in [3.63, 3.8) is 0 Å². The normalized spacial score (nSPS) is 15.4. The van der Waals surface area contributed by atoms with Crippen LogP contribution in [0, 0.1) is 0 Å². The maximum absolute atomic E-state index is 5.46. The number of benzene rings is 1. The summed E-state index contributed by atoms with van der Waals surface area (Å²) in [5.41, 5.74) is 2.12. The van der Waals surface area contributed by atoms with Crippen molar-refractivity contribution in [3.05, 3.63) is 40.9 Å². The van der Waals surface area contributed by atoms with E-state index in [1.807, 2.05) is 18.2 Å². The van der Waals surface area contributed by atoms with Gasteiger partial charge in [-0.25, -0.2) is 4.98 Å². The third-order valence-electron chi connectivity index (χ3n) is 5.19. The highest BCUT2D eigenvalue weighted by Gasteiger charge is 2.16. The van der Waals surface area contributed by atoms with E-state index < -0.39 is 0 Å². The van der Waals surface area contributed by atoms with Crippen molar-refractivity contribution in [2.24, 2.45) is 0 Å². The van der Waals surface area contributed by atoms with E-state index in [0.717, 1.165) is 71.9 Å². The van der Waals surface area contributed by atoms with Gasteiger partial charge in [-0.2, -0.15) is 0 Å². The number of ether oxygens (including phenoxy) is 2. The summed E-state index contributed by atoms with van der Waals surface area (Å²) in [5, 5.41) is 15.4. The zero-order chi connectivity index (χ0) is 18.8. The minimum atomic E-state index is 0.293. The lowest BCUT2D eigenvalue weighted by Crippen LogP contribution is -2.19. The number of aromatic nitrogens is 4. The lowest BCUT2D eigenvalue weighted by Gasteiger charge is -2.07. The van der Waals surface area contributed by atoms with Crippen molar-refractivity contribution in [3.8, 4) is 22.1 Å². The van der Waals surface area contributed by atoms with Crippen molar-refractivity contribution in [2.75, 3.05) is 13.3 Å². The molecule has 146 valence electrons. The van der Waals surface area contributed by atoms with Gasteiger partial charge in [-0.15, -0.1) is 21.5 Å². The van der Waals surface area contributed by atoms with Gasteiger partial charge in [0.15, 0.2) is 11.5 Å². The summed E-state index contributed by atoms with van der Waals surface area (Å²) in [4.78, 5) is 4.75. The van der Waals surface area contributed by atoms with Gasteiger partial charge >= 0.3 is 0 Å². The summed E-state index contributed by atoms with van der Waals surface area (Å²) in [5.74, 6) is 3.84. The Hall–Kier alpha value is -2.45. The Morgan fingerprint density at radius 1 is 1.11 bits per heavy atom. The molecule has 2 aliphatic heterocycles. The number of rotatable bonds is 6. The van der Waals surface area contributed by atoms with Gasteiger partial charge in [0.2, 0.25) is 6.79 Å². The first-order valence-electron chi connectivity index (χ1n) is 9.83.